The highest BCUT2D eigenvalue weighted by molar-refractivity contribution is 7.77. The van der Waals surface area contributed by atoms with Crippen molar-refractivity contribution in [2.75, 3.05) is 13.1 Å². The van der Waals surface area contributed by atoms with Gasteiger partial charge in [-0.3, -0.25) is 4.31 Å². The zero-order valence-electron chi connectivity index (χ0n) is 5.58. The molecule has 9 heavy (non-hydrogen) atoms. The fraction of sp³-hybridized carbons (Fsp3) is 1.00. The molecule has 1 aliphatic heterocycles. The number of fused-ring (bicyclic) bond motifs is 1. The van der Waals surface area contributed by atoms with E-state index in [0.29, 0.717) is 0 Å². The van der Waals surface area contributed by atoms with Crippen molar-refractivity contribution in [1.29, 1.82) is 0 Å². The summed E-state index contributed by atoms with van der Waals surface area (Å²) in [6.07, 6.45) is 4.39. The summed E-state index contributed by atoms with van der Waals surface area (Å²) in [5, 5.41) is 0. The number of nitrogens with zero attached hydrogens (tertiary/aromatic N) is 1. The van der Waals surface area contributed by atoms with E-state index in [1.807, 2.05) is 0 Å². The Morgan fingerprint density at radius 1 is 1.11 bits per heavy atom. The SMILES string of the molecule is SN1C[C@H]2CCC[C@H]2C1. The third-order valence-corrected chi connectivity index (χ3v) is 3.03. The van der Waals surface area contributed by atoms with Crippen molar-refractivity contribution < 1.29 is 0 Å². The minimum Gasteiger partial charge on any atom is -0.253 e. The molecule has 0 aromatic carbocycles. The van der Waals surface area contributed by atoms with Gasteiger partial charge in [-0.1, -0.05) is 19.2 Å². The van der Waals surface area contributed by atoms with Gasteiger partial charge in [0.05, 0.1) is 0 Å². The highest BCUT2D eigenvalue weighted by atomic mass is 32.1. The summed E-state index contributed by atoms with van der Waals surface area (Å²) in [6, 6.07) is 0. The molecule has 1 nitrogen and oxygen atoms in total. The minimum atomic E-state index is 1.00. The molecular formula is C7H13NS. The van der Waals surface area contributed by atoms with Crippen molar-refractivity contribution in [2.24, 2.45) is 11.8 Å². The standard InChI is InChI=1S/C7H13NS/c9-8-4-6-2-1-3-7(6)5-8/h6-7,9H,1-5H2/t6-,7+. The average molecular weight is 143 g/mol. The molecule has 0 radical (unpaired) electrons. The Balaban J connectivity index is 2.02. The molecule has 0 spiro atoms. The summed E-state index contributed by atoms with van der Waals surface area (Å²) in [4.78, 5) is 0. The van der Waals surface area contributed by atoms with E-state index in [2.05, 4.69) is 17.1 Å². The van der Waals surface area contributed by atoms with E-state index in [0.717, 1.165) is 11.8 Å². The molecule has 52 valence electrons. The van der Waals surface area contributed by atoms with Crippen LogP contribution >= 0.6 is 12.8 Å². The van der Waals surface area contributed by atoms with Crippen LogP contribution in [-0.2, 0) is 0 Å². The lowest BCUT2D eigenvalue weighted by molar-refractivity contribution is 0.494. The van der Waals surface area contributed by atoms with Gasteiger partial charge in [-0.05, 0) is 24.7 Å². The molecule has 2 fully saturated rings. The van der Waals surface area contributed by atoms with Crippen LogP contribution in [0, 0.1) is 11.8 Å². The Kier molecular flexibility index (Phi) is 1.46. The second-order valence-corrected chi connectivity index (χ2v) is 3.89. The van der Waals surface area contributed by atoms with Gasteiger partial charge in [0.25, 0.3) is 0 Å². The summed E-state index contributed by atoms with van der Waals surface area (Å²) in [6.45, 7) is 2.49. The molecule has 2 atom stereocenters. The summed E-state index contributed by atoms with van der Waals surface area (Å²) in [5.74, 6) is 2.00. The lowest BCUT2D eigenvalue weighted by Crippen LogP contribution is -2.07. The van der Waals surface area contributed by atoms with Crippen molar-refractivity contribution in [3.63, 3.8) is 0 Å². The summed E-state index contributed by atoms with van der Waals surface area (Å²) in [5.41, 5.74) is 0. The lowest BCUT2D eigenvalue weighted by Gasteiger charge is -2.05. The van der Waals surface area contributed by atoms with E-state index in [-0.39, 0.29) is 0 Å². The van der Waals surface area contributed by atoms with Crippen molar-refractivity contribution >= 4 is 12.8 Å². The molecule has 1 aliphatic carbocycles. The molecule has 0 amide bonds. The van der Waals surface area contributed by atoms with Gasteiger partial charge >= 0.3 is 0 Å². The Morgan fingerprint density at radius 3 is 2.22 bits per heavy atom. The highest BCUT2D eigenvalue weighted by Gasteiger charge is 2.34. The predicted molar refractivity (Wildman–Crippen MR) is 41.4 cm³/mol. The van der Waals surface area contributed by atoms with Crippen LogP contribution in [0.3, 0.4) is 0 Å². The molecule has 1 saturated heterocycles. The molecule has 0 bridgehead atoms. The molecule has 0 aromatic heterocycles. The third-order valence-electron chi connectivity index (χ3n) is 2.71. The average Bonchev–Trinajstić information content (AvgIpc) is 2.22. The molecule has 2 aliphatic rings. The second kappa shape index (κ2) is 2.17. The maximum atomic E-state index is 4.33. The van der Waals surface area contributed by atoms with Crippen LogP contribution in [0.25, 0.3) is 0 Å². The first kappa shape index (κ1) is 6.05. The smallest absolute Gasteiger partial charge is 0.0119 e. The first-order chi connectivity index (χ1) is 4.36. The topological polar surface area (TPSA) is 3.24 Å². The van der Waals surface area contributed by atoms with E-state index in [1.165, 1.54) is 32.4 Å². The molecule has 2 rings (SSSR count). The van der Waals surface area contributed by atoms with Crippen LogP contribution in [0.15, 0.2) is 0 Å². The first-order valence-electron chi connectivity index (χ1n) is 3.80. The van der Waals surface area contributed by atoms with Gasteiger partial charge in [-0.15, -0.1) is 0 Å². The molecule has 0 aromatic rings. The second-order valence-electron chi connectivity index (χ2n) is 3.32. The van der Waals surface area contributed by atoms with Crippen LogP contribution in [0.2, 0.25) is 0 Å². The summed E-state index contributed by atoms with van der Waals surface area (Å²) >= 11 is 4.33. The van der Waals surface area contributed by atoms with E-state index in [1.54, 1.807) is 0 Å². The molecule has 0 unspecified atom stereocenters. The van der Waals surface area contributed by atoms with E-state index in [9.17, 15) is 0 Å². The number of hydrogen-bond acceptors (Lipinski definition) is 2. The number of thiol groups is 1. The third kappa shape index (κ3) is 0.987. The largest absolute Gasteiger partial charge is 0.253 e. The summed E-state index contributed by atoms with van der Waals surface area (Å²) in [7, 11) is 0. The normalized spacial score (nSPS) is 43.7. The van der Waals surface area contributed by atoms with Gasteiger partial charge in [-0.2, -0.15) is 0 Å². The van der Waals surface area contributed by atoms with Gasteiger partial charge < -0.3 is 0 Å². The Morgan fingerprint density at radius 2 is 1.67 bits per heavy atom. The van der Waals surface area contributed by atoms with Crippen LogP contribution in [0.5, 0.6) is 0 Å². The van der Waals surface area contributed by atoms with Crippen molar-refractivity contribution in [1.82, 2.24) is 4.31 Å². The Hall–Kier alpha value is 0.310. The molecule has 0 N–H and O–H groups in total. The van der Waals surface area contributed by atoms with Gasteiger partial charge in [-0.25, -0.2) is 0 Å². The van der Waals surface area contributed by atoms with Crippen molar-refractivity contribution in [2.45, 2.75) is 19.3 Å². The van der Waals surface area contributed by atoms with Gasteiger partial charge in [0.15, 0.2) is 0 Å². The van der Waals surface area contributed by atoms with Crippen LogP contribution in [0.4, 0.5) is 0 Å². The summed E-state index contributed by atoms with van der Waals surface area (Å²) < 4.78 is 2.18. The fourth-order valence-electron chi connectivity index (χ4n) is 2.21. The maximum Gasteiger partial charge on any atom is 0.0119 e. The van der Waals surface area contributed by atoms with Crippen LogP contribution in [0.1, 0.15) is 19.3 Å². The van der Waals surface area contributed by atoms with Crippen molar-refractivity contribution in [3.8, 4) is 0 Å². The molecule has 1 heterocycles. The van der Waals surface area contributed by atoms with E-state index in [4.69, 9.17) is 0 Å². The highest BCUT2D eigenvalue weighted by Crippen LogP contribution is 2.37. The predicted octanol–water partition coefficient (Wildman–Crippen LogP) is 1.56. The first-order valence-corrected chi connectivity index (χ1v) is 4.20. The van der Waals surface area contributed by atoms with E-state index >= 15 is 0 Å². The molecule has 2 heteroatoms. The Bertz CT molecular complexity index is 103. The zero-order chi connectivity index (χ0) is 6.27. The molecular weight excluding hydrogens is 130 g/mol. The zero-order valence-corrected chi connectivity index (χ0v) is 6.48. The number of rotatable bonds is 0. The van der Waals surface area contributed by atoms with E-state index < -0.39 is 0 Å². The molecule has 1 saturated carbocycles. The van der Waals surface area contributed by atoms with Crippen molar-refractivity contribution in [3.05, 3.63) is 0 Å². The van der Waals surface area contributed by atoms with Crippen LogP contribution in [-0.4, -0.2) is 17.4 Å². The number of hydrogen-bond donors (Lipinski definition) is 1. The Labute approximate surface area is 62.0 Å². The fourth-order valence-corrected chi connectivity index (χ4v) is 2.63. The maximum absolute atomic E-state index is 4.33. The lowest BCUT2D eigenvalue weighted by atomic mass is 10.0. The quantitative estimate of drug-likeness (QED) is 0.504. The van der Waals surface area contributed by atoms with Gasteiger partial charge in [0.2, 0.25) is 0 Å². The van der Waals surface area contributed by atoms with Crippen LogP contribution < -0.4 is 0 Å². The minimum absolute atomic E-state index is 1.00. The monoisotopic (exact) mass is 143 g/mol. The van der Waals surface area contributed by atoms with Gasteiger partial charge in [0.1, 0.15) is 0 Å². The van der Waals surface area contributed by atoms with Gasteiger partial charge in [0, 0.05) is 13.1 Å².